The summed E-state index contributed by atoms with van der Waals surface area (Å²) in [6.45, 7) is 2.69. The van der Waals surface area contributed by atoms with Crippen LogP contribution in [0, 0.1) is 0 Å². The molecule has 2 aromatic heterocycles. The van der Waals surface area contributed by atoms with Crippen LogP contribution in [0.5, 0.6) is 0 Å². The lowest BCUT2D eigenvalue weighted by Gasteiger charge is -2.34. The molecule has 28 heavy (non-hydrogen) atoms. The van der Waals surface area contributed by atoms with Crippen LogP contribution in [0.2, 0.25) is 0 Å². The van der Waals surface area contributed by atoms with Gasteiger partial charge in [0.1, 0.15) is 0 Å². The average Bonchev–Trinajstić information content (AvgIpc) is 3.30. The number of carbonyl (C=O) groups excluding carboxylic acids is 1. The van der Waals surface area contributed by atoms with Crippen LogP contribution in [0.3, 0.4) is 0 Å². The maximum atomic E-state index is 12.8. The highest BCUT2D eigenvalue weighted by molar-refractivity contribution is 5.95. The van der Waals surface area contributed by atoms with E-state index in [2.05, 4.69) is 31.5 Å². The molecule has 6 heteroatoms. The Morgan fingerprint density at radius 1 is 1.11 bits per heavy atom. The average molecular weight is 375 g/mol. The van der Waals surface area contributed by atoms with E-state index in [1.54, 1.807) is 12.4 Å². The number of hydrogen-bond donors (Lipinski definition) is 2. The lowest BCUT2D eigenvalue weighted by Crippen LogP contribution is -2.40. The molecule has 1 fully saturated rings. The Labute approximate surface area is 165 Å². The molecule has 1 aliphatic heterocycles. The van der Waals surface area contributed by atoms with Crippen LogP contribution < -0.4 is 5.32 Å². The minimum atomic E-state index is -0.0590. The highest BCUT2D eigenvalue weighted by Gasteiger charge is 2.23. The Morgan fingerprint density at radius 3 is 2.75 bits per heavy atom. The van der Waals surface area contributed by atoms with Crippen LogP contribution in [0.4, 0.5) is 0 Å². The predicted molar refractivity (Wildman–Crippen MR) is 109 cm³/mol. The minimum absolute atomic E-state index is 0.0590. The first-order chi connectivity index (χ1) is 13.8. The van der Waals surface area contributed by atoms with E-state index >= 15 is 0 Å². The Morgan fingerprint density at radius 2 is 2.00 bits per heavy atom. The number of hydrogen-bond acceptors (Lipinski definition) is 4. The number of benzene rings is 1. The third-order valence-corrected chi connectivity index (χ3v) is 5.31. The molecule has 4 rings (SSSR count). The van der Waals surface area contributed by atoms with Crippen molar-refractivity contribution in [3.63, 3.8) is 0 Å². The van der Waals surface area contributed by atoms with Crippen molar-refractivity contribution in [2.45, 2.75) is 25.3 Å². The lowest BCUT2D eigenvalue weighted by molar-refractivity contribution is 0.0924. The number of nitrogens with one attached hydrogen (secondary N) is 2. The molecule has 1 atom stereocenters. The van der Waals surface area contributed by atoms with Gasteiger partial charge in [0.2, 0.25) is 0 Å². The fraction of sp³-hybridized carbons (Fsp3) is 0.318. The predicted octanol–water partition coefficient (Wildman–Crippen LogP) is 3.43. The Hall–Kier alpha value is -2.99. The zero-order valence-electron chi connectivity index (χ0n) is 15.8. The topological polar surface area (TPSA) is 73.9 Å². The molecule has 2 N–H and O–H groups in total. The maximum Gasteiger partial charge on any atom is 0.251 e. The van der Waals surface area contributed by atoms with Crippen molar-refractivity contribution in [2.75, 3.05) is 19.6 Å². The van der Waals surface area contributed by atoms with E-state index in [-0.39, 0.29) is 11.9 Å². The number of amides is 1. The monoisotopic (exact) mass is 375 g/mol. The summed E-state index contributed by atoms with van der Waals surface area (Å²) in [6, 6.07) is 11.8. The van der Waals surface area contributed by atoms with Crippen LogP contribution in [0.25, 0.3) is 11.1 Å². The minimum Gasteiger partial charge on any atom is -0.350 e. The van der Waals surface area contributed by atoms with Crippen molar-refractivity contribution in [2.24, 2.45) is 0 Å². The fourth-order valence-electron chi connectivity index (χ4n) is 3.80. The highest BCUT2D eigenvalue weighted by Crippen LogP contribution is 2.24. The van der Waals surface area contributed by atoms with E-state index in [1.165, 1.54) is 19.3 Å². The standard InChI is InChI=1S/C22H25N5O/c28-22(18-7-4-6-17(12-18)20-14-25-26-15-20)24-16-21(19-8-5-9-23-13-19)27-10-2-1-3-11-27/h4-9,12-15,21H,1-3,10-11,16H2,(H,24,28)(H,25,26)/t21-/m0/s1. The highest BCUT2D eigenvalue weighted by atomic mass is 16.1. The summed E-state index contributed by atoms with van der Waals surface area (Å²) in [7, 11) is 0. The van der Waals surface area contributed by atoms with Gasteiger partial charge in [-0.15, -0.1) is 0 Å². The van der Waals surface area contributed by atoms with Crippen LogP contribution in [0.1, 0.15) is 41.2 Å². The van der Waals surface area contributed by atoms with Gasteiger partial charge in [0.15, 0.2) is 0 Å². The van der Waals surface area contributed by atoms with Gasteiger partial charge in [-0.1, -0.05) is 24.6 Å². The van der Waals surface area contributed by atoms with Crippen LogP contribution in [-0.2, 0) is 0 Å². The molecule has 0 saturated carbocycles. The third kappa shape index (κ3) is 4.28. The van der Waals surface area contributed by atoms with Crippen LogP contribution in [0.15, 0.2) is 61.2 Å². The van der Waals surface area contributed by atoms with Gasteiger partial charge in [0.25, 0.3) is 5.91 Å². The van der Waals surface area contributed by atoms with Gasteiger partial charge < -0.3 is 5.32 Å². The molecule has 0 bridgehead atoms. The van der Waals surface area contributed by atoms with Crippen molar-refractivity contribution in [1.82, 2.24) is 25.4 Å². The number of aromatic nitrogens is 3. The molecule has 6 nitrogen and oxygen atoms in total. The summed E-state index contributed by atoms with van der Waals surface area (Å²) >= 11 is 0. The number of nitrogens with zero attached hydrogens (tertiary/aromatic N) is 3. The molecule has 0 radical (unpaired) electrons. The summed E-state index contributed by atoms with van der Waals surface area (Å²) in [5.74, 6) is -0.0590. The number of H-pyrrole nitrogens is 1. The summed E-state index contributed by atoms with van der Waals surface area (Å²) < 4.78 is 0. The van der Waals surface area contributed by atoms with Gasteiger partial charge in [0.05, 0.1) is 12.2 Å². The molecular formula is C22H25N5O. The summed E-state index contributed by atoms with van der Waals surface area (Å²) in [4.78, 5) is 19.6. The Bertz CT molecular complexity index is 888. The molecule has 1 amide bonds. The van der Waals surface area contributed by atoms with Crippen molar-refractivity contribution >= 4 is 5.91 Å². The number of piperidine rings is 1. The largest absolute Gasteiger partial charge is 0.350 e. The van der Waals surface area contributed by atoms with Crippen LogP contribution in [-0.4, -0.2) is 45.6 Å². The van der Waals surface area contributed by atoms with Crippen molar-refractivity contribution in [3.05, 3.63) is 72.3 Å². The van der Waals surface area contributed by atoms with E-state index in [9.17, 15) is 4.79 Å². The zero-order valence-corrected chi connectivity index (χ0v) is 15.8. The molecule has 1 aliphatic rings. The number of rotatable bonds is 6. The van der Waals surface area contributed by atoms with Gasteiger partial charge in [-0.25, -0.2) is 0 Å². The summed E-state index contributed by atoms with van der Waals surface area (Å²) in [6.07, 6.45) is 11.0. The number of carbonyl (C=O) groups is 1. The molecule has 0 aliphatic carbocycles. The van der Waals surface area contributed by atoms with Crippen LogP contribution >= 0.6 is 0 Å². The molecule has 1 aromatic carbocycles. The summed E-state index contributed by atoms with van der Waals surface area (Å²) in [5, 5.41) is 9.93. The van der Waals surface area contributed by atoms with E-state index in [0.717, 1.165) is 29.8 Å². The fourth-order valence-corrected chi connectivity index (χ4v) is 3.80. The first-order valence-corrected chi connectivity index (χ1v) is 9.82. The van der Waals surface area contributed by atoms with Crippen molar-refractivity contribution in [3.8, 4) is 11.1 Å². The van der Waals surface area contributed by atoms with E-state index in [0.29, 0.717) is 12.1 Å². The molecule has 0 unspecified atom stereocenters. The smallest absolute Gasteiger partial charge is 0.251 e. The third-order valence-electron chi connectivity index (χ3n) is 5.31. The van der Waals surface area contributed by atoms with Gasteiger partial charge in [-0.2, -0.15) is 5.10 Å². The SMILES string of the molecule is O=C(NC[C@@H](c1cccnc1)N1CCCCC1)c1cccc(-c2cn[nH]c2)c1. The number of likely N-dealkylation sites (tertiary alicyclic amines) is 1. The molecule has 0 spiro atoms. The first kappa shape index (κ1) is 18.4. The Kier molecular flexibility index (Phi) is 5.77. The number of pyridine rings is 1. The first-order valence-electron chi connectivity index (χ1n) is 9.82. The Balaban J connectivity index is 1.47. The van der Waals surface area contributed by atoms with Gasteiger partial charge in [-0.3, -0.25) is 19.8 Å². The van der Waals surface area contributed by atoms with E-state index in [4.69, 9.17) is 0 Å². The lowest BCUT2D eigenvalue weighted by atomic mass is 10.0. The quantitative estimate of drug-likeness (QED) is 0.692. The maximum absolute atomic E-state index is 12.8. The molecule has 3 aromatic rings. The van der Waals surface area contributed by atoms with Gasteiger partial charge in [0, 0.05) is 36.3 Å². The van der Waals surface area contributed by atoms with Gasteiger partial charge in [-0.05, 0) is 55.3 Å². The second-order valence-corrected chi connectivity index (χ2v) is 7.18. The normalized spacial score (nSPS) is 15.9. The zero-order chi connectivity index (χ0) is 19.2. The molecule has 1 saturated heterocycles. The van der Waals surface area contributed by atoms with Crippen molar-refractivity contribution in [1.29, 1.82) is 0 Å². The summed E-state index contributed by atoms with van der Waals surface area (Å²) in [5.41, 5.74) is 3.75. The van der Waals surface area contributed by atoms with Crippen molar-refractivity contribution < 1.29 is 4.79 Å². The van der Waals surface area contributed by atoms with Gasteiger partial charge >= 0.3 is 0 Å². The molecule has 3 heterocycles. The molecular weight excluding hydrogens is 350 g/mol. The van der Waals surface area contributed by atoms with E-state index < -0.39 is 0 Å². The van der Waals surface area contributed by atoms with E-state index in [1.807, 2.05) is 42.7 Å². The molecule has 144 valence electrons. The number of aromatic amines is 1. The second-order valence-electron chi connectivity index (χ2n) is 7.18. The second kappa shape index (κ2) is 8.80.